The van der Waals surface area contributed by atoms with Crippen LogP contribution >= 0.6 is 0 Å². The fourth-order valence-electron chi connectivity index (χ4n) is 0.921. The van der Waals surface area contributed by atoms with E-state index in [0.29, 0.717) is 19.5 Å². The molecule has 78 valence electrons. The van der Waals surface area contributed by atoms with Gasteiger partial charge in [0.15, 0.2) is 0 Å². The highest BCUT2D eigenvalue weighted by Gasteiger charge is 2.02. The molecule has 0 radical (unpaired) electrons. The van der Waals surface area contributed by atoms with E-state index >= 15 is 0 Å². The lowest BCUT2D eigenvalue weighted by Gasteiger charge is -2.10. The van der Waals surface area contributed by atoms with Gasteiger partial charge in [-0.15, -0.1) is 6.58 Å². The number of carbonyl (C=O) groups excluding carboxylic acids is 1. The maximum Gasteiger partial charge on any atom is 0.233 e. The van der Waals surface area contributed by atoms with Crippen molar-refractivity contribution in [2.24, 2.45) is 0 Å². The lowest BCUT2D eigenvalue weighted by Crippen LogP contribution is -2.38. The lowest BCUT2D eigenvalue weighted by molar-refractivity contribution is -0.120. The zero-order chi connectivity index (χ0) is 10.8. The number of nitriles is 1. The fourth-order valence-corrected chi connectivity index (χ4v) is 0.921. The number of carbonyl (C=O) groups is 1. The molecule has 1 amide bonds. The van der Waals surface area contributed by atoms with Crippen LogP contribution in [0.5, 0.6) is 0 Å². The summed E-state index contributed by atoms with van der Waals surface area (Å²) < 4.78 is 0. The van der Waals surface area contributed by atoms with Gasteiger partial charge in [0.25, 0.3) is 0 Å². The lowest BCUT2D eigenvalue weighted by atomic mass is 10.2. The zero-order valence-electron chi connectivity index (χ0n) is 8.55. The van der Waals surface area contributed by atoms with Gasteiger partial charge in [-0.2, -0.15) is 5.26 Å². The molecule has 0 aliphatic carbocycles. The first kappa shape index (κ1) is 12.7. The van der Waals surface area contributed by atoms with Crippen molar-refractivity contribution in [3.05, 3.63) is 12.7 Å². The highest BCUT2D eigenvalue weighted by Crippen LogP contribution is 1.88. The molecule has 0 aromatic rings. The van der Waals surface area contributed by atoms with Gasteiger partial charge in [-0.1, -0.05) is 6.08 Å². The number of nitrogens with zero attached hydrogens (tertiary/aromatic N) is 1. The molecule has 0 aromatic heterocycles. The Bertz CT molecular complexity index is 220. The Morgan fingerprint density at radius 1 is 1.71 bits per heavy atom. The highest BCUT2D eigenvalue weighted by molar-refractivity contribution is 5.77. The topological polar surface area (TPSA) is 64.9 Å². The number of amides is 1. The first-order valence-electron chi connectivity index (χ1n) is 4.68. The quantitative estimate of drug-likeness (QED) is 0.461. The van der Waals surface area contributed by atoms with Crippen molar-refractivity contribution >= 4 is 5.91 Å². The Morgan fingerprint density at radius 2 is 2.43 bits per heavy atom. The van der Waals surface area contributed by atoms with E-state index in [1.807, 2.05) is 19.1 Å². The normalized spacial score (nSPS) is 11.4. The van der Waals surface area contributed by atoms with Crippen LogP contribution in [0.1, 0.15) is 19.8 Å². The van der Waals surface area contributed by atoms with E-state index < -0.39 is 0 Å². The van der Waals surface area contributed by atoms with E-state index in [2.05, 4.69) is 17.2 Å². The van der Waals surface area contributed by atoms with Crippen LogP contribution in [-0.4, -0.2) is 25.0 Å². The largest absolute Gasteiger partial charge is 0.354 e. The van der Waals surface area contributed by atoms with E-state index in [-0.39, 0.29) is 11.9 Å². The third-order valence-electron chi connectivity index (χ3n) is 1.69. The number of hydrogen-bond donors (Lipinski definition) is 2. The van der Waals surface area contributed by atoms with Gasteiger partial charge >= 0.3 is 0 Å². The van der Waals surface area contributed by atoms with Gasteiger partial charge in [0, 0.05) is 12.6 Å². The number of nitrogens with one attached hydrogen (secondary N) is 2. The first-order chi connectivity index (χ1) is 6.70. The van der Waals surface area contributed by atoms with Crippen LogP contribution in [0.25, 0.3) is 0 Å². The molecular formula is C10H17N3O. The molecule has 0 spiro atoms. The summed E-state index contributed by atoms with van der Waals surface area (Å²) in [5.74, 6) is -0.0730. The van der Waals surface area contributed by atoms with Crippen molar-refractivity contribution in [1.29, 1.82) is 5.26 Å². The van der Waals surface area contributed by atoms with Gasteiger partial charge in [0.1, 0.15) is 0 Å². The highest BCUT2D eigenvalue weighted by atomic mass is 16.1. The summed E-state index contributed by atoms with van der Waals surface area (Å²) in [6.45, 7) is 6.32. The molecule has 0 bridgehead atoms. The van der Waals surface area contributed by atoms with Crippen molar-refractivity contribution in [2.45, 2.75) is 25.8 Å². The predicted octanol–water partition coefficient (Wildman–Crippen LogP) is 0.570. The molecule has 0 rings (SSSR count). The van der Waals surface area contributed by atoms with Gasteiger partial charge in [-0.3, -0.25) is 4.79 Å². The van der Waals surface area contributed by atoms with Gasteiger partial charge in [0.2, 0.25) is 5.91 Å². The number of hydrogen-bond acceptors (Lipinski definition) is 3. The van der Waals surface area contributed by atoms with Crippen LogP contribution in [0.2, 0.25) is 0 Å². The van der Waals surface area contributed by atoms with Gasteiger partial charge in [-0.05, 0) is 13.3 Å². The molecule has 2 N–H and O–H groups in total. The Morgan fingerprint density at radius 3 is 3.00 bits per heavy atom. The Kier molecular flexibility index (Phi) is 7.48. The van der Waals surface area contributed by atoms with E-state index in [9.17, 15) is 4.79 Å². The maximum atomic E-state index is 11.1. The van der Waals surface area contributed by atoms with Crippen molar-refractivity contribution in [3.8, 4) is 6.07 Å². The minimum absolute atomic E-state index is 0.0730. The standard InChI is InChI=1S/C10H17N3O/c1-3-5-9(2)13-8-10(14)12-7-4-6-11/h3,9,13H,1,4-5,7-8H2,2H3,(H,12,14). The van der Waals surface area contributed by atoms with Crippen molar-refractivity contribution in [2.75, 3.05) is 13.1 Å². The van der Waals surface area contributed by atoms with Gasteiger partial charge in [-0.25, -0.2) is 0 Å². The zero-order valence-corrected chi connectivity index (χ0v) is 8.55. The fraction of sp³-hybridized carbons (Fsp3) is 0.600. The molecule has 4 nitrogen and oxygen atoms in total. The SMILES string of the molecule is C=CCC(C)NCC(=O)NCCC#N. The van der Waals surface area contributed by atoms with Crippen LogP contribution in [0.15, 0.2) is 12.7 Å². The Labute approximate surface area is 85.0 Å². The third-order valence-corrected chi connectivity index (χ3v) is 1.69. The predicted molar refractivity (Wildman–Crippen MR) is 55.5 cm³/mol. The van der Waals surface area contributed by atoms with Crippen LogP contribution in [0.3, 0.4) is 0 Å². The van der Waals surface area contributed by atoms with E-state index in [1.54, 1.807) is 0 Å². The maximum absolute atomic E-state index is 11.1. The second kappa shape index (κ2) is 8.27. The van der Waals surface area contributed by atoms with Crippen LogP contribution in [0, 0.1) is 11.3 Å². The summed E-state index contributed by atoms with van der Waals surface area (Å²) >= 11 is 0. The molecule has 4 heteroatoms. The second-order valence-corrected chi connectivity index (χ2v) is 3.06. The second-order valence-electron chi connectivity index (χ2n) is 3.06. The smallest absolute Gasteiger partial charge is 0.233 e. The van der Waals surface area contributed by atoms with Crippen LogP contribution < -0.4 is 10.6 Å². The molecule has 1 atom stereocenters. The summed E-state index contributed by atoms with van der Waals surface area (Å²) in [6, 6.07) is 2.22. The van der Waals surface area contributed by atoms with Gasteiger partial charge < -0.3 is 10.6 Å². The molecule has 0 saturated carbocycles. The minimum Gasteiger partial charge on any atom is -0.354 e. The van der Waals surface area contributed by atoms with Crippen molar-refractivity contribution in [3.63, 3.8) is 0 Å². The molecule has 0 aromatic carbocycles. The molecule has 0 aliphatic rings. The van der Waals surface area contributed by atoms with E-state index in [1.165, 1.54) is 0 Å². The van der Waals surface area contributed by atoms with Gasteiger partial charge in [0.05, 0.1) is 19.0 Å². The summed E-state index contributed by atoms with van der Waals surface area (Å²) in [5, 5.41) is 13.9. The monoisotopic (exact) mass is 195 g/mol. The first-order valence-corrected chi connectivity index (χ1v) is 4.68. The molecule has 0 aliphatic heterocycles. The van der Waals surface area contributed by atoms with E-state index in [0.717, 1.165) is 6.42 Å². The van der Waals surface area contributed by atoms with Crippen molar-refractivity contribution < 1.29 is 4.79 Å². The van der Waals surface area contributed by atoms with Crippen LogP contribution in [-0.2, 0) is 4.79 Å². The Hall–Kier alpha value is -1.34. The molecule has 0 heterocycles. The average Bonchev–Trinajstić information content (AvgIpc) is 2.16. The van der Waals surface area contributed by atoms with Crippen molar-refractivity contribution in [1.82, 2.24) is 10.6 Å². The average molecular weight is 195 g/mol. The number of rotatable bonds is 7. The Balaban J connectivity index is 3.44. The third kappa shape index (κ3) is 7.32. The van der Waals surface area contributed by atoms with E-state index in [4.69, 9.17) is 5.26 Å². The molecule has 14 heavy (non-hydrogen) atoms. The summed E-state index contributed by atoms with van der Waals surface area (Å²) in [7, 11) is 0. The molecule has 0 fully saturated rings. The molecule has 0 saturated heterocycles. The molecular weight excluding hydrogens is 178 g/mol. The summed E-state index contributed by atoms with van der Waals surface area (Å²) in [6.07, 6.45) is 3.00. The summed E-state index contributed by atoms with van der Waals surface area (Å²) in [5.41, 5.74) is 0. The minimum atomic E-state index is -0.0730. The summed E-state index contributed by atoms with van der Waals surface area (Å²) in [4.78, 5) is 11.1. The molecule has 1 unspecified atom stereocenters. The van der Waals surface area contributed by atoms with Crippen LogP contribution in [0.4, 0.5) is 0 Å².